The number of methoxy groups -OCH3 is 2. The molecule has 6 rings (SSSR count). The number of para-hydroxylation sites is 1. The summed E-state index contributed by atoms with van der Waals surface area (Å²) in [6.45, 7) is 0.346. The summed E-state index contributed by atoms with van der Waals surface area (Å²) in [4.78, 5) is 31.6. The highest BCUT2D eigenvalue weighted by Gasteiger charge is 2.58. The molecule has 0 spiro atoms. The smallest absolute Gasteiger partial charge is 0.354 e. The van der Waals surface area contributed by atoms with Crippen molar-refractivity contribution in [2.45, 2.75) is 24.4 Å². The van der Waals surface area contributed by atoms with Crippen molar-refractivity contribution in [3.05, 3.63) is 94.7 Å². The molecule has 7 nitrogen and oxygen atoms in total. The predicted octanol–water partition coefficient (Wildman–Crippen LogP) is 4.75. The van der Waals surface area contributed by atoms with Gasteiger partial charge in [-0.05, 0) is 42.3 Å². The molecule has 1 saturated heterocycles. The molecule has 2 aliphatic rings. The van der Waals surface area contributed by atoms with Crippen LogP contribution in [0.4, 0.5) is 14.5 Å². The zero-order chi connectivity index (χ0) is 26.6. The van der Waals surface area contributed by atoms with Crippen molar-refractivity contribution < 1.29 is 27.8 Å². The van der Waals surface area contributed by atoms with Crippen LogP contribution in [0.3, 0.4) is 0 Å². The van der Waals surface area contributed by atoms with E-state index < -0.39 is 29.2 Å². The van der Waals surface area contributed by atoms with E-state index in [-0.39, 0.29) is 17.9 Å². The number of benzene rings is 3. The number of aromatic amines is 1. The number of anilines is 1. The number of ether oxygens (including phenoxy) is 2. The number of nitrogens with zero attached hydrogens (tertiary/aromatic N) is 1. The van der Waals surface area contributed by atoms with Gasteiger partial charge in [0.25, 0.3) is 0 Å². The Bertz CT molecular complexity index is 1600. The van der Waals surface area contributed by atoms with E-state index >= 15 is 0 Å². The van der Waals surface area contributed by atoms with E-state index in [1.165, 1.54) is 19.2 Å². The summed E-state index contributed by atoms with van der Waals surface area (Å²) in [6.07, 6.45) is -0.370. The molecular formula is C29H25F2N3O4. The number of esters is 1. The molecule has 1 fully saturated rings. The number of amides is 1. The molecule has 2 N–H and O–H groups in total. The summed E-state index contributed by atoms with van der Waals surface area (Å²) in [5.74, 6) is -2.27. The first-order valence-electron chi connectivity index (χ1n) is 12.3. The van der Waals surface area contributed by atoms with Gasteiger partial charge in [-0.15, -0.1) is 0 Å². The van der Waals surface area contributed by atoms with Crippen LogP contribution in [-0.4, -0.2) is 48.7 Å². The maximum Gasteiger partial charge on any atom is 0.354 e. The first-order valence-corrected chi connectivity index (χ1v) is 12.3. The molecule has 1 amide bonds. The van der Waals surface area contributed by atoms with E-state index in [1.807, 2.05) is 36.4 Å². The van der Waals surface area contributed by atoms with Gasteiger partial charge < -0.3 is 24.7 Å². The van der Waals surface area contributed by atoms with Crippen molar-refractivity contribution in [1.29, 1.82) is 0 Å². The van der Waals surface area contributed by atoms with Gasteiger partial charge >= 0.3 is 5.97 Å². The van der Waals surface area contributed by atoms with Crippen molar-refractivity contribution >= 4 is 28.5 Å². The van der Waals surface area contributed by atoms with Crippen molar-refractivity contribution in [2.24, 2.45) is 0 Å². The molecule has 0 bridgehead atoms. The second kappa shape index (κ2) is 8.86. The standard InChI is InChI=1S/C29H25F2N3O4/c1-37-17-10-11-21-18(15-17)24(26(32-21)27(36)38-2)29-12-13-34(28(29)33-22-9-4-3-7-19(22)29)23(35)14-16-6-5-8-20(30)25(16)31/h3-11,15,28,32-33H,12-14H2,1-2H3/t28-,29-/m1/s1. The topological polar surface area (TPSA) is 83.7 Å². The Kier molecular flexibility index (Phi) is 5.59. The number of hydrogen-bond donors (Lipinski definition) is 2. The number of rotatable bonds is 5. The van der Waals surface area contributed by atoms with Crippen LogP contribution < -0.4 is 10.1 Å². The number of carbonyl (C=O) groups is 2. The summed E-state index contributed by atoms with van der Waals surface area (Å²) in [5, 5.41) is 4.26. The average molecular weight is 518 g/mol. The van der Waals surface area contributed by atoms with Crippen molar-refractivity contribution in [1.82, 2.24) is 9.88 Å². The highest BCUT2D eigenvalue weighted by molar-refractivity contribution is 6.01. The van der Waals surface area contributed by atoms with Crippen molar-refractivity contribution in [3.63, 3.8) is 0 Å². The number of likely N-dealkylation sites (tertiary alicyclic amines) is 1. The average Bonchev–Trinajstić information content (AvgIpc) is 3.59. The lowest BCUT2D eigenvalue weighted by Gasteiger charge is -2.33. The second-order valence-corrected chi connectivity index (χ2v) is 9.57. The number of aromatic nitrogens is 1. The Balaban J connectivity index is 1.53. The molecule has 2 aliphatic heterocycles. The summed E-state index contributed by atoms with van der Waals surface area (Å²) >= 11 is 0. The second-order valence-electron chi connectivity index (χ2n) is 9.57. The molecule has 0 radical (unpaired) electrons. The SMILES string of the molecule is COC(=O)c1[nH]c2ccc(OC)cc2c1[C@]12CCN(C(=O)Cc3cccc(F)c3F)[C@H]1Nc1ccccc12. The Morgan fingerprint density at radius 2 is 1.89 bits per heavy atom. The van der Waals surface area contributed by atoms with Gasteiger partial charge in [0.15, 0.2) is 11.6 Å². The van der Waals surface area contributed by atoms with E-state index in [9.17, 15) is 18.4 Å². The van der Waals surface area contributed by atoms with Crippen LogP contribution in [0.1, 0.15) is 33.6 Å². The minimum atomic E-state index is -1.02. The molecule has 1 aromatic heterocycles. The van der Waals surface area contributed by atoms with Gasteiger partial charge in [-0.1, -0.05) is 30.3 Å². The maximum absolute atomic E-state index is 14.4. The number of hydrogen-bond acceptors (Lipinski definition) is 5. The Hall–Kier alpha value is -4.40. The van der Waals surface area contributed by atoms with Gasteiger partial charge in [-0.3, -0.25) is 4.79 Å². The Labute approximate surface area is 217 Å². The van der Waals surface area contributed by atoms with Gasteiger partial charge in [-0.25, -0.2) is 13.6 Å². The van der Waals surface area contributed by atoms with Gasteiger partial charge in [0.1, 0.15) is 17.6 Å². The van der Waals surface area contributed by atoms with Crippen LogP contribution in [0, 0.1) is 11.6 Å². The number of nitrogens with one attached hydrogen (secondary N) is 2. The molecule has 0 unspecified atom stereocenters. The molecular weight excluding hydrogens is 492 g/mol. The van der Waals surface area contributed by atoms with E-state index in [2.05, 4.69) is 10.3 Å². The molecule has 3 aromatic carbocycles. The van der Waals surface area contributed by atoms with Gasteiger partial charge in [0, 0.05) is 34.3 Å². The number of halogens is 2. The van der Waals surface area contributed by atoms with Crippen LogP contribution in [0.5, 0.6) is 5.75 Å². The largest absolute Gasteiger partial charge is 0.497 e. The third-order valence-corrected chi connectivity index (χ3v) is 7.76. The number of H-pyrrole nitrogens is 1. The predicted molar refractivity (Wildman–Crippen MR) is 137 cm³/mol. The molecule has 0 saturated carbocycles. The summed E-state index contributed by atoms with van der Waals surface area (Å²) in [7, 11) is 2.90. The third-order valence-electron chi connectivity index (χ3n) is 7.76. The number of carbonyl (C=O) groups excluding carboxylic acids is 2. The van der Waals surface area contributed by atoms with Gasteiger partial charge in [0.2, 0.25) is 5.91 Å². The fourth-order valence-corrected chi connectivity index (χ4v) is 6.09. The zero-order valence-corrected chi connectivity index (χ0v) is 20.8. The molecule has 194 valence electrons. The highest BCUT2D eigenvalue weighted by atomic mass is 19.2. The number of fused-ring (bicyclic) bond motifs is 4. The zero-order valence-electron chi connectivity index (χ0n) is 20.8. The molecule has 0 aliphatic carbocycles. The maximum atomic E-state index is 14.4. The van der Waals surface area contributed by atoms with Gasteiger partial charge in [0.05, 0.1) is 26.1 Å². The first kappa shape index (κ1) is 24.0. The van der Waals surface area contributed by atoms with E-state index in [0.717, 1.165) is 28.2 Å². The van der Waals surface area contributed by atoms with E-state index in [1.54, 1.807) is 18.1 Å². The normalized spacial score (nSPS) is 19.7. The summed E-state index contributed by atoms with van der Waals surface area (Å²) in [6, 6.07) is 17.1. The Morgan fingerprint density at radius 1 is 1.08 bits per heavy atom. The van der Waals surface area contributed by atoms with Crippen LogP contribution >= 0.6 is 0 Å². The minimum Gasteiger partial charge on any atom is -0.497 e. The highest BCUT2D eigenvalue weighted by Crippen LogP contribution is 2.55. The van der Waals surface area contributed by atoms with E-state index in [0.29, 0.717) is 30.0 Å². The van der Waals surface area contributed by atoms with Crippen molar-refractivity contribution in [2.75, 3.05) is 26.1 Å². The van der Waals surface area contributed by atoms with Crippen LogP contribution in [0.15, 0.2) is 60.7 Å². The summed E-state index contributed by atoms with van der Waals surface area (Å²) in [5.41, 5.74) is 2.67. The molecule has 38 heavy (non-hydrogen) atoms. The first-order chi connectivity index (χ1) is 18.4. The molecule has 2 atom stereocenters. The monoisotopic (exact) mass is 517 g/mol. The van der Waals surface area contributed by atoms with E-state index in [4.69, 9.17) is 9.47 Å². The van der Waals surface area contributed by atoms with Gasteiger partial charge in [-0.2, -0.15) is 0 Å². The minimum absolute atomic E-state index is 0.00454. The summed E-state index contributed by atoms with van der Waals surface area (Å²) < 4.78 is 38.9. The van der Waals surface area contributed by atoms with Crippen molar-refractivity contribution in [3.8, 4) is 5.75 Å². The third kappa shape index (κ3) is 3.38. The molecule has 3 heterocycles. The fraction of sp³-hybridized carbons (Fsp3) is 0.241. The Morgan fingerprint density at radius 3 is 2.68 bits per heavy atom. The lowest BCUT2D eigenvalue weighted by Crippen LogP contribution is -2.47. The molecule has 9 heteroatoms. The van der Waals surface area contributed by atoms with Crippen LogP contribution in [0.25, 0.3) is 10.9 Å². The lowest BCUT2D eigenvalue weighted by molar-refractivity contribution is -0.131. The van der Waals surface area contributed by atoms with Crippen LogP contribution in [0.2, 0.25) is 0 Å². The molecule has 4 aromatic rings. The lowest BCUT2D eigenvalue weighted by atomic mass is 9.72. The fourth-order valence-electron chi connectivity index (χ4n) is 6.09. The van der Waals surface area contributed by atoms with Crippen LogP contribution in [-0.2, 0) is 21.4 Å². The quantitative estimate of drug-likeness (QED) is 0.373.